The second-order valence-corrected chi connectivity index (χ2v) is 7.67. The van der Waals surface area contributed by atoms with Gasteiger partial charge in [0.15, 0.2) is 0 Å². The summed E-state index contributed by atoms with van der Waals surface area (Å²) < 4.78 is 0. The zero-order valence-corrected chi connectivity index (χ0v) is 17.5. The van der Waals surface area contributed by atoms with Crippen molar-refractivity contribution in [3.63, 3.8) is 0 Å². The molecule has 9 nitrogen and oxygen atoms in total. The van der Waals surface area contributed by atoms with Gasteiger partial charge in [-0.25, -0.2) is 0 Å². The van der Waals surface area contributed by atoms with E-state index in [-0.39, 0.29) is 26.2 Å². The van der Waals surface area contributed by atoms with Gasteiger partial charge in [-0.05, 0) is 24.3 Å². The van der Waals surface area contributed by atoms with Gasteiger partial charge in [-0.1, -0.05) is 36.4 Å². The molecule has 2 heterocycles. The fraction of sp³-hybridized carbons (Fsp3) is 0.304. The third-order valence-electron chi connectivity index (χ3n) is 5.78. The number of piperazine rings is 2. The van der Waals surface area contributed by atoms with Crippen molar-refractivity contribution in [1.82, 2.24) is 9.80 Å². The Labute approximate surface area is 185 Å². The average Bonchev–Trinajstić information content (AvgIpc) is 2.83. The molecule has 9 heteroatoms. The van der Waals surface area contributed by atoms with E-state index in [0.717, 1.165) is 0 Å². The van der Waals surface area contributed by atoms with Crippen molar-refractivity contribution in [3.8, 4) is 0 Å². The highest BCUT2D eigenvalue weighted by molar-refractivity contribution is 6.41. The lowest BCUT2D eigenvalue weighted by Gasteiger charge is -2.41. The van der Waals surface area contributed by atoms with Gasteiger partial charge in [0.25, 0.3) is 0 Å². The Bertz CT molecular complexity index is 1010. The van der Waals surface area contributed by atoms with Gasteiger partial charge in [0.1, 0.15) is 0 Å². The van der Waals surface area contributed by atoms with Gasteiger partial charge in [-0.3, -0.25) is 19.2 Å². The zero-order valence-electron chi connectivity index (χ0n) is 17.5. The van der Waals surface area contributed by atoms with Gasteiger partial charge >= 0.3 is 23.6 Å². The minimum absolute atomic E-state index is 0.0198. The van der Waals surface area contributed by atoms with Gasteiger partial charge in [-0.2, -0.15) is 0 Å². The van der Waals surface area contributed by atoms with Crippen LogP contribution in [-0.4, -0.2) is 83.9 Å². The molecule has 0 saturated carbocycles. The molecule has 2 aliphatic rings. The van der Waals surface area contributed by atoms with E-state index in [9.17, 15) is 24.3 Å². The number of aliphatic hydroxyl groups excluding tert-OH is 1. The smallest absolute Gasteiger partial charge is 0.316 e. The first-order chi connectivity index (χ1) is 15.5. The summed E-state index contributed by atoms with van der Waals surface area (Å²) in [6.07, 6.45) is 0. The molecule has 32 heavy (non-hydrogen) atoms. The fourth-order valence-corrected chi connectivity index (χ4v) is 4.06. The van der Waals surface area contributed by atoms with Crippen molar-refractivity contribution in [1.29, 1.82) is 0 Å². The van der Waals surface area contributed by atoms with E-state index in [2.05, 4.69) is 0 Å². The molecule has 0 aliphatic carbocycles. The van der Waals surface area contributed by atoms with Crippen molar-refractivity contribution in [3.05, 3.63) is 60.7 Å². The van der Waals surface area contributed by atoms with Gasteiger partial charge in [-0.15, -0.1) is 0 Å². The highest BCUT2D eigenvalue weighted by Gasteiger charge is 2.40. The Kier molecular flexibility index (Phi) is 6.18. The van der Waals surface area contributed by atoms with Crippen LogP contribution in [0.15, 0.2) is 60.7 Å². The van der Waals surface area contributed by atoms with Crippen LogP contribution in [0.3, 0.4) is 0 Å². The topological polar surface area (TPSA) is 101 Å². The van der Waals surface area contributed by atoms with Crippen LogP contribution in [0, 0.1) is 0 Å². The molecule has 2 saturated heterocycles. The largest absolute Gasteiger partial charge is 0.394 e. The first-order valence-corrected chi connectivity index (χ1v) is 10.5. The van der Waals surface area contributed by atoms with E-state index in [0.29, 0.717) is 17.9 Å². The number of rotatable bonds is 6. The van der Waals surface area contributed by atoms with Crippen molar-refractivity contribution in [2.45, 2.75) is 6.04 Å². The lowest BCUT2D eigenvalue weighted by molar-refractivity contribution is -0.151. The fourth-order valence-electron chi connectivity index (χ4n) is 4.06. The third kappa shape index (κ3) is 4.06. The normalized spacial score (nSPS) is 18.4. The monoisotopic (exact) mass is 436 g/mol. The molecule has 1 N–H and O–H groups in total. The maximum atomic E-state index is 12.8. The molecule has 2 aromatic carbocycles. The summed E-state index contributed by atoms with van der Waals surface area (Å²) in [5, 5.41) is 9.93. The summed E-state index contributed by atoms with van der Waals surface area (Å²) in [7, 11) is 0. The second-order valence-electron chi connectivity index (χ2n) is 7.67. The van der Waals surface area contributed by atoms with E-state index in [1.54, 1.807) is 48.5 Å². The molecule has 0 aromatic heterocycles. The highest BCUT2D eigenvalue weighted by atomic mass is 16.3. The summed E-state index contributed by atoms with van der Waals surface area (Å²) in [4.78, 5) is 56.2. The van der Waals surface area contributed by atoms with Gasteiger partial charge in [0.05, 0.1) is 12.6 Å². The number of hydrogen-bond donors (Lipinski definition) is 1. The summed E-state index contributed by atoms with van der Waals surface area (Å²) >= 11 is 0. The molecule has 4 amide bonds. The number of anilines is 2. The Morgan fingerprint density at radius 1 is 0.656 bits per heavy atom. The van der Waals surface area contributed by atoms with Crippen LogP contribution in [0.2, 0.25) is 0 Å². The number of hydrogen-bond acceptors (Lipinski definition) is 5. The van der Waals surface area contributed by atoms with Crippen molar-refractivity contribution < 1.29 is 24.3 Å². The minimum atomic E-state index is -0.774. The van der Waals surface area contributed by atoms with Crippen LogP contribution < -0.4 is 9.80 Å². The molecule has 1 atom stereocenters. The SMILES string of the molecule is O=C1C(=O)N(c2ccccc2)CCN1CC(CO)N1CCN(c2ccccc2)C(=O)C1=O. The van der Waals surface area contributed by atoms with Crippen LogP contribution in [0.5, 0.6) is 0 Å². The maximum Gasteiger partial charge on any atom is 0.316 e. The number of carbonyl (C=O) groups is 4. The van der Waals surface area contributed by atoms with E-state index < -0.39 is 36.3 Å². The number of nitrogens with zero attached hydrogens (tertiary/aromatic N) is 4. The molecule has 0 radical (unpaired) electrons. The van der Waals surface area contributed by atoms with E-state index in [1.807, 2.05) is 12.1 Å². The number of amides is 4. The van der Waals surface area contributed by atoms with Crippen molar-refractivity contribution in [2.75, 3.05) is 49.1 Å². The van der Waals surface area contributed by atoms with E-state index in [4.69, 9.17) is 0 Å². The Morgan fingerprint density at radius 2 is 1.16 bits per heavy atom. The molecule has 0 bridgehead atoms. The van der Waals surface area contributed by atoms with Gasteiger partial charge in [0, 0.05) is 44.1 Å². The molecular weight excluding hydrogens is 412 g/mol. The van der Waals surface area contributed by atoms with Crippen molar-refractivity contribution in [2.24, 2.45) is 0 Å². The number of para-hydroxylation sites is 2. The standard InChI is InChI=1S/C23H24N4O5/c28-16-19(27-14-13-26(22(31)23(27)32)18-9-5-2-6-10-18)15-24-11-12-25(21(30)20(24)29)17-7-3-1-4-8-17/h1-10,19,28H,11-16H2. The van der Waals surface area contributed by atoms with Gasteiger partial charge in [0.2, 0.25) is 0 Å². The maximum absolute atomic E-state index is 12.8. The Morgan fingerprint density at radius 3 is 1.69 bits per heavy atom. The quantitative estimate of drug-likeness (QED) is 0.648. The molecule has 2 aromatic rings. The average molecular weight is 436 g/mol. The van der Waals surface area contributed by atoms with Crippen LogP contribution in [-0.2, 0) is 19.2 Å². The Hall–Kier alpha value is -3.72. The minimum Gasteiger partial charge on any atom is -0.394 e. The first-order valence-electron chi connectivity index (χ1n) is 10.5. The van der Waals surface area contributed by atoms with Crippen LogP contribution >= 0.6 is 0 Å². The molecule has 1 unspecified atom stereocenters. The lowest BCUT2D eigenvalue weighted by Crippen LogP contribution is -2.62. The van der Waals surface area contributed by atoms with Crippen LogP contribution in [0.1, 0.15) is 0 Å². The molecule has 0 spiro atoms. The number of carbonyl (C=O) groups excluding carboxylic acids is 4. The van der Waals surface area contributed by atoms with E-state index in [1.165, 1.54) is 19.6 Å². The Balaban J connectivity index is 1.43. The predicted octanol–water partition coefficient (Wildman–Crippen LogP) is 0.0981. The van der Waals surface area contributed by atoms with Gasteiger partial charge < -0.3 is 24.7 Å². The zero-order chi connectivity index (χ0) is 22.7. The lowest BCUT2D eigenvalue weighted by atomic mass is 10.1. The summed E-state index contributed by atoms with van der Waals surface area (Å²) in [6.45, 7) is 0.624. The van der Waals surface area contributed by atoms with Crippen LogP contribution in [0.4, 0.5) is 11.4 Å². The molecule has 2 fully saturated rings. The summed E-state index contributed by atoms with van der Waals surface area (Å²) in [5.41, 5.74) is 1.27. The summed E-state index contributed by atoms with van der Waals surface area (Å²) in [5.74, 6) is -2.77. The molecule has 166 valence electrons. The predicted molar refractivity (Wildman–Crippen MR) is 117 cm³/mol. The third-order valence-corrected chi connectivity index (χ3v) is 5.78. The number of benzene rings is 2. The summed E-state index contributed by atoms with van der Waals surface area (Å²) in [6, 6.07) is 17.0. The highest BCUT2D eigenvalue weighted by Crippen LogP contribution is 2.21. The molecule has 2 aliphatic heterocycles. The van der Waals surface area contributed by atoms with E-state index >= 15 is 0 Å². The van der Waals surface area contributed by atoms with Crippen LogP contribution in [0.25, 0.3) is 0 Å². The molecular formula is C23H24N4O5. The first kappa shape index (κ1) is 21.5. The molecule has 4 rings (SSSR count). The second kappa shape index (κ2) is 9.19. The number of aliphatic hydroxyl groups is 1. The van der Waals surface area contributed by atoms with Crippen molar-refractivity contribution >= 4 is 35.0 Å².